The van der Waals surface area contributed by atoms with E-state index in [2.05, 4.69) is 10.9 Å². The van der Waals surface area contributed by atoms with Gasteiger partial charge in [0.2, 0.25) is 0 Å². The molecule has 1 aromatic rings. The molecule has 1 aromatic carbocycles. The molecule has 0 fully saturated rings. The number of nitrogens with one attached hydrogen (secondary N) is 2. The molecule has 7 heteroatoms. The molecule has 0 heterocycles. The number of rotatable bonds is 1. The highest BCUT2D eigenvalue weighted by molar-refractivity contribution is 8.32. The predicted octanol–water partition coefficient (Wildman–Crippen LogP) is 1.19. The molecule has 0 saturated heterocycles. The number of thiocarbonyl (C=S) groups is 1. The summed E-state index contributed by atoms with van der Waals surface area (Å²) in [5, 5.41) is 9.23. The van der Waals surface area contributed by atoms with E-state index in [-0.39, 0.29) is 20.7 Å². The third kappa shape index (κ3) is 4.41. The van der Waals surface area contributed by atoms with E-state index >= 15 is 0 Å². The van der Waals surface area contributed by atoms with Crippen molar-refractivity contribution in [3.8, 4) is 5.75 Å². The number of phenolic OH excluding ortho intramolecular Hbond substituents is 1. The number of aromatic hydroxyl groups is 1. The summed E-state index contributed by atoms with van der Waals surface area (Å²) in [7, 11) is 0. The number of phenols is 1. The number of carbonyl (C=O) groups excluding carboxylic acids is 2. The summed E-state index contributed by atoms with van der Waals surface area (Å²) >= 11 is 5.59. The summed E-state index contributed by atoms with van der Waals surface area (Å²) in [6, 6.07) is 6.10. The van der Waals surface area contributed by atoms with Crippen molar-refractivity contribution in [2.75, 3.05) is 0 Å². The van der Waals surface area contributed by atoms with Crippen molar-refractivity contribution in [1.82, 2.24) is 10.9 Å². The second-order valence-corrected chi connectivity index (χ2v) is 4.83. The van der Waals surface area contributed by atoms with Crippen molar-refractivity contribution in [3.05, 3.63) is 29.8 Å². The Kier molecular flexibility index (Phi) is 4.92. The Labute approximate surface area is 108 Å². The summed E-state index contributed by atoms with van der Waals surface area (Å²) in [5.74, 6) is -0.661. The van der Waals surface area contributed by atoms with Gasteiger partial charge < -0.3 is 5.11 Å². The first-order valence-electron chi connectivity index (χ1n) is 4.57. The average molecular weight is 270 g/mol. The van der Waals surface area contributed by atoms with Crippen LogP contribution in [-0.4, -0.2) is 20.4 Å². The normalized spacial score (nSPS) is 9.47. The molecule has 17 heavy (non-hydrogen) atoms. The quantitative estimate of drug-likeness (QED) is 0.525. The minimum Gasteiger partial charge on any atom is -0.507 e. The van der Waals surface area contributed by atoms with E-state index in [0.717, 1.165) is 11.8 Å². The molecular weight excluding hydrogens is 260 g/mol. The van der Waals surface area contributed by atoms with Gasteiger partial charge in [0, 0.05) is 6.92 Å². The van der Waals surface area contributed by atoms with Crippen LogP contribution >= 0.6 is 24.0 Å². The van der Waals surface area contributed by atoms with Gasteiger partial charge in [-0.25, -0.2) is 0 Å². The van der Waals surface area contributed by atoms with Crippen molar-refractivity contribution >= 4 is 39.3 Å². The molecule has 3 N–H and O–H groups in total. The maximum absolute atomic E-state index is 11.6. The fourth-order valence-electron chi connectivity index (χ4n) is 0.997. The third-order valence-corrected chi connectivity index (χ3v) is 2.59. The molecule has 0 aromatic heterocycles. The number of carbonyl (C=O) groups is 2. The number of benzene rings is 1. The minimum absolute atomic E-state index is 0.121. The smallest absolute Gasteiger partial charge is 0.273 e. The molecule has 0 saturated carbocycles. The number of hydrogen-bond donors (Lipinski definition) is 3. The summed E-state index contributed by atoms with van der Waals surface area (Å²) in [4.78, 5) is 22.3. The van der Waals surface area contributed by atoms with Gasteiger partial charge in [-0.05, 0) is 23.9 Å². The molecule has 90 valence electrons. The first-order valence-corrected chi connectivity index (χ1v) is 5.80. The molecule has 1 amide bonds. The molecule has 0 spiro atoms. The number of para-hydroxylation sites is 1. The number of hydrazine groups is 1. The van der Waals surface area contributed by atoms with Crippen molar-refractivity contribution in [3.63, 3.8) is 0 Å². The molecule has 5 nitrogen and oxygen atoms in total. The second kappa shape index (κ2) is 6.21. The van der Waals surface area contributed by atoms with Crippen molar-refractivity contribution in [1.29, 1.82) is 0 Å². The van der Waals surface area contributed by atoms with Crippen LogP contribution in [0.15, 0.2) is 24.3 Å². The minimum atomic E-state index is -0.533. The SMILES string of the molecule is CC(=O)SC(=S)NNC(=O)c1ccccc1O. The molecule has 0 radical (unpaired) electrons. The van der Waals surface area contributed by atoms with Crippen LogP contribution in [0.4, 0.5) is 0 Å². The molecule has 0 atom stereocenters. The van der Waals surface area contributed by atoms with Crippen LogP contribution in [0.3, 0.4) is 0 Å². The highest BCUT2D eigenvalue weighted by Crippen LogP contribution is 2.14. The lowest BCUT2D eigenvalue weighted by Crippen LogP contribution is -2.39. The van der Waals surface area contributed by atoms with Gasteiger partial charge in [0.15, 0.2) is 9.44 Å². The summed E-state index contributed by atoms with van der Waals surface area (Å²) in [6.45, 7) is 1.36. The van der Waals surface area contributed by atoms with Crippen molar-refractivity contribution in [2.45, 2.75) is 6.92 Å². The van der Waals surface area contributed by atoms with Crippen molar-refractivity contribution in [2.24, 2.45) is 0 Å². The van der Waals surface area contributed by atoms with Crippen molar-refractivity contribution < 1.29 is 14.7 Å². The molecule has 0 bridgehead atoms. The van der Waals surface area contributed by atoms with Gasteiger partial charge in [0.05, 0.1) is 5.56 Å². The predicted molar refractivity (Wildman–Crippen MR) is 69.6 cm³/mol. The Morgan fingerprint density at radius 1 is 1.29 bits per heavy atom. The van der Waals surface area contributed by atoms with E-state index in [4.69, 9.17) is 12.2 Å². The Balaban J connectivity index is 2.54. The summed E-state index contributed by atoms with van der Waals surface area (Å²) < 4.78 is 0.140. The van der Waals surface area contributed by atoms with Gasteiger partial charge >= 0.3 is 0 Å². The molecule has 0 aliphatic carbocycles. The number of amides is 1. The Morgan fingerprint density at radius 2 is 1.94 bits per heavy atom. The summed E-state index contributed by atoms with van der Waals surface area (Å²) in [6.07, 6.45) is 0. The fourth-order valence-corrected chi connectivity index (χ4v) is 1.76. The average Bonchev–Trinajstić information content (AvgIpc) is 2.25. The lowest BCUT2D eigenvalue weighted by Gasteiger charge is -2.08. The van der Waals surface area contributed by atoms with Gasteiger partial charge in [-0.15, -0.1) is 0 Å². The zero-order valence-corrected chi connectivity index (χ0v) is 10.5. The maximum atomic E-state index is 11.6. The second-order valence-electron chi connectivity index (χ2n) is 2.98. The Morgan fingerprint density at radius 3 is 2.53 bits per heavy atom. The lowest BCUT2D eigenvalue weighted by atomic mass is 10.2. The highest BCUT2D eigenvalue weighted by atomic mass is 32.2. The standard InChI is InChI=1S/C10H10N2O3S2/c1-6(13)17-10(16)12-11-9(15)7-4-2-3-5-8(7)14/h2-5,14H,1H3,(H,11,15)(H,12,16). The van der Waals surface area contributed by atoms with Gasteiger partial charge in [-0.1, -0.05) is 24.4 Å². The van der Waals surface area contributed by atoms with E-state index in [1.165, 1.54) is 19.1 Å². The van der Waals surface area contributed by atoms with E-state index in [0.29, 0.717) is 0 Å². The van der Waals surface area contributed by atoms with E-state index < -0.39 is 5.91 Å². The topological polar surface area (TPSA) is 78.4 Å². The van der Waals surface area contributed by atoms with Gasteiger partial charge in [-0.2, -0.15) is 0 Å². The number of hydrogen-bond acceptors (Lipinski definition) is 5. The zero-order chi connectivity index (χ0) is 12.8. The molecule has 0 aliphatic heterocycles. The molecule has 0 aliphatic rings. The Bertz CT molecular complexity index is 463. The van der Waals surface area contributed by atoms with E-state index in [9.17, 15) is 14.7 Å². The van der Waals surface area contributed by atoms with E-state index in [1.54, 1.807) is 12.1 Å². The summed E-state index contributed by atoms with van der Waals surface area (Å²) in [5.41, 5.74) is 4.81. The van der Waals surface area contributed by atoms with Crippen LogP contribution in [0.25, 0.3) is 0 Å². The van der Waals surface area contributed by atoms with Gasteiger partial charge in [0.25, 0.3) is 5.91 Å². The Hall–Kier alpha value is -1.60. The van der Waals surface area contributed by atoms with Gasteiger partial charge in [0.1, 0.15) is 5.75 Å². The van der Waals surface area contributed by atoms with Crippen LogP contribution < -0.4 is 10.9 Å². The van der Waals surface area contributed by atoms with Crippen LogP contribution in [0, 0.1) is 0 Å². The first-order chi connectivity index (χ1) is 8.00. The monoisotopic (exact) mass is 270 g/mol. The molecule has 0 unspecified atom stereocenters. The van der Waals surface area contributed by atoms with Crippen LogP contribution in [-0.2, 0) is 4.79 Å². The van der Waals surface area contributed by atoms with Crippen LogP contribution in [0.1, 0.15) is 17.3 Å². The number of thioether (sulfide) groups is 1. The highest BCUT2D eigenvalue weighted by Gasteiger charge is 2.10. The maximum Gasteiger partial charge on any atom is 0.273 e. The fraction of sp³-hybridized carbons (Fsp3) is 0.100. The molecular formula is C10H10N2O3S2. The molecule has 1 rings (SSSR count). The largest absolute Gasteiger partial charge is 0.507 e. The first kappa shape index (κ1) is 13.5. The van der Waals surface area contributed by atoms with Crippen LogP contribution in [0.5, 0.6) is 5.75 Å². The lowest BCUT2D eigenvalue weighted by molar-refractivity contribution is -0.109. The van der Waals surface area contributed by atoms with E-state index in [1.807, 2.05) is 0 Å². The third-order valence-electron chi connectivity index (χ3n) is 1.66. The van der Waals surface area contributed by atoms with Crippen LogP contribution in [0.2, 0.25) is 0 Å². The zero-order valence-electron chi connectivity index (χ0n) is 8.89. The van der Waals surface area contributed by atoms with Gasteiger partial charge in [-0.3, -0.25) is 20.4 Å².